The Morgan fingerprint density at radius 2 is 2.20 bits per heavy atom. The molecule has 0 fully saturated rings. The van der Waals surface area contributed by atoms with Gasteiger partial charge in [0.15, 0.2) is 0 Å². The molecule has 1 amide bonds. The highest BCUT2D eigenvalue weighted by atomic mass is 32.1. The van der Waals surface area contributed by atoms with Gasteiger partial charge in [0.2, 0.25) is 0 Å². The van der Waals surface area contributed by atoms with E-state index in [1.807, 2.05) is 12.3 Å². The topological polar surface area (TPSA) is 68.0 Å². The molecule has 0 aliphatic rings. The van der Waals surface area contributed by atoms with E-state index in [4.69, 9.17) is 5.73 Å². The number of hydrogen-bond donors (Lipinski definition) is 2. The summed E-state index contributed by atoms with van der Waals surface area (Å²) in [5.41, 5.74) is 7.51. The van der Waals surface area contributed by atoms with Crippen molar-refractivity contribution in [1.82, 2.24) is 10.3 Å². The van der Waals surface area contributed by atoms with Crippen molar-refractivity contribution in [3.8, 4) is 0 Å². The van der Waals surface area contributed by atoms with Crippen molar-refractivity contribution in [2.24, 2.45) is 0 Å². The molecule has 1 aromatic carbocycles. The van der Waals surface area contributed by atoms with Crippen LogP contribution in [-0.4, -0.2) is 17.4 Å². The molecule has 4 nitrogen and oxygen atoms in total. The summed E-state index contributed by atoms with van der Waals surface area (Å²) in [4.78, 5) is 16.2. The minimum Gasteiger partial charge on any atom is -0.398 e. The summed E-state index contributed by atoms with van der Waals surface area (Å²) < 4.78 is 13.5. The zero-order chi connectivity index (χ0) is 14.7. The lowest BCUT2D eigenvalue weighted by molar-refractivity contribution is 0.0953. The van der Waals surface area contributed by atoms with Crippen LogP contribution in [0.5, 0.6) is 0 Å². The van der Waals surface area contributed by atoms with Gasteiger partial charge in [-0.3, -0.25) is 4.79 Å². The van der Waals surface area contributed by atoms with Crippen molar-refractivity contribution in [2.75, 3.05) is 12.3 Å². The molecule has 0 spiro atoms. The Hall–Kier alpha value is -1.95. The maximum atomic E-state index is 13.5. The lowest BCUT2D eigenvalue weighted by Gasteiger charge is -2.07. The fourth-order valence-corrected chi connectivity index (χ4v) is 2.51. The molecule has 0 saturated carbocycles. The number of nitrogens with zero attached hydrogens (tertiary/aromatic N) is 1. The van der Waals surface area contributed by atoms with Gasteiger partial charge in [-0.2, -0.15) is 0 Å². The van der Waals surface area contributed by atoms with Gasteiger partial charge >= 0.3 is 0 Å². The van der Waals surface area contributed by atoms with E-state index in [1.165, 1.54) is 12.1 Å². The third kappa shape index (κ3) is 3.33. The van der Waals surface area contributed by atoms with Crippen molar-refractivity contribution in [2.45, 2.75) is 20.3 Å². The Labute approximate surface area is 120 Å². The quantitative estimate of drug-likeness (QED) is 0.851. The first-order valence-corrected chi connectivity index (χ1v) is 7.10. The largest absolute Gasteiger partial charge is 0.398 e. The fourth-order valence-electron chi connectivity index (χ4n) is 1.73. The molecule has 1 heterocycles. The van der Waals surface area contributed by atoms with E-state index < -0.39 is 5.82 Å². The maximum absolute atomic E-state index is 13.5. The minimum absolute atomic E-state index is 0.237. The van der Waals surface area contributed by atoms with Crippen LogP contribution in [0.1, 0.15) is 26.6 Å². The van der Waals surface area contributed by atoms with Gasteiger partial charge < -0.3 is 11.1 Å². The van der Waals surface area contributed by atoms with Crippen molar-refractivity contribution in [3.63, 3.8) is 0 Å². The number of benzene rings is 1. The van der Waals surface area contributed by atoms with E-state index in [2.05, 4.69) is 10.3 Å². The number of carbonyl (C=O) groups is 1. The standard InChI is InChI=1S/C14H16FN3OS/c1-8-7-20-13(18-8)3-4-17-14(19)10-5-11(15)9(2)12(16)6-10/h5-7H,3-4,16H2,1-2H3,(H,17,19). The summed E-state index contributed by atoms with van der Waals surface area (Å²) in [5, 5.41) is 5.67. The van der Waals surface area contributed by atoms with Crippen LogP contribution >= 0.6 is 11.3 Å². The first-order valence-electron chi connectivity index (χ1n) is 6.22. The molecule has 1 aromatic heterocycles. The summed E-state index contributed by atoms with van der Waals surface area (Å²) in [6.07, 6.45) is 0.661. The van der Waals surface area contributed by atoms with E-state index in [9.17, 15) is 9.18 Å². The molecule has 2 rings (SSSR count). The monoisotopic (exact) mass is 293 g/mol. The molecule has 0 atom stereocenters. The zero-order valence-electron chi connectivity index (χ0n) is 11.4. The molecule has 0 saturated heterocycles. The second-order valence-electron chi connectivity index (χ2n) is 4.56. The zero-order valence-corrected chi connectivity index (χ0v) is 12.2. The first kappa shape index (κ1) is 14.5. The Kier molecular flexibility index (Phi) is 4.34. The number of amides is 1. The van der Waals surface area contributed by atoms with Crippen LogP contribution in [-0.2, 0) is 6.42 Å². The Bertz CT molecular complexity index is 616. The normalized spacial score (nSPS) is 10.6. The summed E-state index contributed by atoms with van der Waals surface area (Å²) in [5.74, 6) is -0.797. The number of thiazole rings is 1. The highest BCUT2D eigenvalue weighted by molar-refractivity contribution is 7.09. The number of halogens is 1. The lowest BCUT2D eigenvalue weighted by atomic mass is 10.1. The number of nitrogens with two attached hydrogens (primary N) is 1. The van der Waals surface area contributed by atoms with Gasteiger partial charge in [0, 0.05) is 40.9 Å². The van der Waals surface area contributed by atoms with Crippen LogP contribution in [0.25, 0.3) is 0 Å². The SMILES string of the molecule is Cc1csc(CCNC(=O)c2cc(N)c(C)c(F)c2)n1. The number of aromatic nitrogens is 1. The van der Waals surface area contributed by atoms with Gasteiger partial charge in [0.05, 0.1) is 5.01 Å². The van der Waals surface area contributed by atoms with Gasteiger partial charge in [0.1, 0.15) is 5.82 Å². The average molecular weight is 293 g/mol. The number of hydrogen-bond acceptors (Lipinski definition) is 4. The van der Waals surface area contributed by atoms with Crippen LogP contribution in [0, 0.1) is 19.7 Å². The second-order valence-corrected chi connectivity index (χ2v) is 5.50. The van der Waals surface area contributed by atoms with Crippen molar-refractivity contribution >= 4 is 22.9 Å². The number of nitrogen functional groups attached to an aromatic ring is 1. The molecule has 0 aliphatic carbocycles. The molecule has 0 radical (unpaired) electrons. The Morgan fingerprint density at radius 1 is 1.45 bits per heavy atom. The van der Waals surface area contributed by atoms with E-state index in [1.54, 1.807) is 18.3 Å². The van der Waals surface area contributed by atoms with Gasteiger partial charge in [-0.05, 0) is 26.0 Å². The predicted molar refractivity (Wildman–Crippen MR) is 78.4 cm³/mol. The summed E-state index contributed by atoms with van der Waals surface area (Å²) in [6, 6.07) is 2.69. The van der Waals surface area contributed by atoms with E-state index in [0.29, 0.717) is 18.5 Å². The molecule has 3 N–H and O–H groups in total. The lowest BCUT2D eigenvalue weighted by Crippen LogP contribution is -2.26. The first-order chi connectivity index (χ1) is 9.47. The molecule has 6 heteroatoms. The number of carbonyl (C=O) groups excluding carboxylic acids is 1. The van der Waals surface area contributed by atoms with Gasteiger partial charge in [-0.1, -0.05) is 0 Å². The van der Waals surface area contributed by atoms with Crippen molar-refractivity contribution in [1.29, 1.82) is 0 Å². The number of anilines is 1. The molecule has 0 aliphatic heterocycles. The average Bonchev–Trinajstić information content (AvgIpc) is 2.81. The molecule has 2 aromatic rings. The van der Waals surface area contributed by atoms with Crippen molar-refractivity contribution < 1.29 is 9.18 Å². The fraction of sp³-hybridized carbons (Fsp3) is 0.286. The molecule has 20 heavy (non-hydrogen) atoms. The third-order valence-electron chi connectivity index (χ3n) is 2.94. The Morgan fingerprint density at radius 3 is 2.80 bits per heavy atom. The van der Waals surface area contributed by atoms with E-state index in [-0.39, 0.29) is 17.2 Å². The molecular formula is C14H16FN3OS. The maximum Gasteiger partial charge on any atom is 0.251 e. The molecule has 106 valence electrons. The number of aryl methyl sites for hydroxylation is 1. The number of nitrogens with one attached hydrogen (secondary N) is 1. The predicted octanol–water partition coefficient (Wildman–Crippen LogP) is 2.45. The Balaban J connectivity index is 1.95. The van der Waals surface area contributed by atoms with Crippen LogP contribution in [0.15, 0.2) is 17.5 Å². The van der Waals surface area contributed by atoms with Crippen LogP contribution in [0.3, 0.4) is 0 Å². The summed E-state index contributed by atoms with van der Waals surface area (Å²) in [7, 11) is 0. The van der Waals surface area contributed by atoms with Crippen molar-refractivity contribution in [3.05, 3.63) is 45.2 Å². The smallest absolute Gasteiger partial charge is 0.251 e. The van der Waals surface area contributed by atoms with Crippen LogP contribution in [0.2, 0.25) is 0 Å². The van der Waals surface area contributed by atoms with Gasteiger partial charge in [-0.15, -0.1) is 11.3 Å². The van der Waals surface area contributed by atoms with Crippen LogP contribution < -0.4 is 11.1 Å². The molecule has 0 bridgehead atoms. The third-order valence-corrected chi connectivity index (χ3v) is 3.96. The van der Waals surface area contributed by atoms with Gasteiger partial charge in [0.25, 0.3) is 5.91 Å². The van der Waals surface area contributed by atoms with E-state index in [0.717, 1.165) is 10.7 Å². The van der Waals surface area contributed by atoms with Crippen LogP contribution in [0.4, 0.5) is 10.1 Å². The van der Waals surface area contributed by atoms with Gasteiger partial charge in [-0.25, -0.2) is 9.37 Å². The summed E-state index contributed by atoms with van der Waals surface area (Å²) in [6.45, 7) is 3.97. The number of rotatable bonds is 4. The highest BCUT2D eigenvalue weighted by Crippen LogP contribution is 2.17. The molecular weight excluding hydrogens is 277 g/mol. The second kappa shape index (κ2) is 6.00. The highest BCUT2D eigenvalue weighted by Gasteiger charge is 2.11. The van der Waals surface area contributed by atoms with E-state index >= 15 is 0 Å². The minimum atomic E-state index is -0.467. The summed E-state index contributed by atoms with van der Waals surface area (Å²) >= 11 is 1.56. The molecule has 0 unspecified atom stereocenters.